The van der Waals surface area contributed by atoms with E-state index in [2.05, 4.69) is 27.4 Å². The van der Waals surface area contributed by atoms with Gasteiger partial charge in [-0.05, 0) is 42.8 Å². The second-order valence-corrected chi connectivity index (χ2v) is 7.13. The molecule has 0 aliphatic rings. The fourth-order valence-electron chi connectivity index (χ4n) is 2.48. The number of amides is 1. The Morgan fingerprint density at radius 2 is 2.14 bits per heavy atom. The molecule has 0 aliphatic carbocycles. The van der Waals surface area contributed by atoms with Crippen molar-refractivity contribution in [3.05, 3.63) is 60.7 Å². The average molecular weight is 410 g/mol. The number of ether oxygens (including phenoxy) is 2. The Kier molecular flexibility index (Phi) is 6.80. The summed E-state index contributed by atoms with van der Waals surface area (Å²) >= 11 is 1.50. The lowest BCUT2D eigenvalue weighted by molar-refractivity contribution is -0.121. The number of benzene rings is 2. The number of methoxy groups -OCH3 is 1. The summed E-state index contributed by atoms with van der Waals surface area (Å²) in [6.45, 7) is 5.77. The molecule has 3 rings (SSSR count). The monoisotopic (exact) mass is 410 g/mol. The SMILES string of the molecule is C=CCOc1ccc(/C=N\NC(=O)[C@H](C)Nc2nc3ccccc3s2)cc1OC. The topological polar surface area (TPSA) is 84.8 Å². The van der Waals surface area contributed by atoms with Gasteiger partial charge >= 0.3 is 0 Å². The van der Waals surface area contributed by atoms with Gasteiger partial charge in [0.15, 0.2) is 16.6 Å². The highest BCUT2D eigenvalue weighted by molar-refractivity contribution is 7.22. The lowest BCUT2D eigenvalue weighted by Crippen LogP contribution is -2.34. The van der Waals surface area contributed by atoms with Gasteiger partial charge in [-0.2, -0.15) is 5.10 Å². The van der Waals surface area contributed by atoms with Gasteiger partial charge in [0.2, 0.25) is 0 Å². The van der Waals surface area contributed by atoms with E-state index in [9.17, 15) is 4.79 Å². The number of anilines is 1. The Morgan fingerprint density at radius 3 is 2.90 bits per heavy atom. The highest BCUT2D eigenvalue weighted by Gasteiger charge is 2.14. The van der Waals surface area contributed by atoms with Crippen molar-refractivity contribution in [2.75, 3.05) is 19.0 Å². The molecule has 2 aromatic carbocycles. The van der Waals surface area contributed by atoms with E-state index in [4.69, 9.17) is 9.47 Å². The molecular weight excluding hydrogens is 388 g/mol. The summed E-state index contributed by atoms with van der Waals surface area (Å²) in [5, 5.41) is 7.81. The third-order valence-corrected chi connectivity index (χ3v) is 4.93. The molecule has 8 heteroatoms. The lowest BCUT2D eigenvalue weighted by atomic mass is 10.2. The van der Waals surface area contributed by atoms with E-state index < -0.39 is 6.04 Å². The first-order valence-electron chi connectivity index (χ1n) is 8.97. The van der Waals surface area contributed by atoms with E-state index in [1.807, 2.05) is 30.3 Å². The molecule has 150 valence electrons. The maximum absolute atomic E-state index is 12.3. The van der Waals surface area contributed by atoms with Crippen molar-refractivity contribution in [3.8, 4) is 11.5 Å². The molecule has 1 aromatic heterocycles. The Bertz CT molecular complexity index is 999. The summed E-state index contributed by atoms with van der Waals surface area (Å²) in [4.78, 5) is 16.8. The van der Waals surface area contributed by atoms with E-state index in [-0.39, 0.29) is 5.91 Å². The maximum atomic E-state index is 12.3. The molecule has 7 nitrogen and oxygen atoms in total. The van der Waals surface area contributed by atoms with Crippen LogP contribution in [0.5, 0.6) is 11.5 Å². The first-order chi connectivity index (χ1) is 14.1. The third-order valence-electron chi connectivity index (χ3n) is 3.96. The number of nitrogens with one attached hydrogen (secondary N) is 2. The number of hydrogen-bond acceptors (Lipinski definition) is 7. The summed E-state index contributed by atoms with van der Waals surface area (Å²) in [5.41, 5.74) is 4.20. The zero-order valence-electron chi connectivity index (χ0n) is 16.2. The standard InChI is InChI=1S/C21H22N4O3S/c1-4-11-28-17-10-9-15(12-18(17)27-3)13-22-25-20(26)14(2)23-21-24-16-7-5-6-8-19(16)29-21/h4-10,12-14H,1,11H2,2-3H3,(H,23,24)(H,25,26)/b22-13-/t14-/m0/s1. The fourth-order valence-corrected chi connectivity index (χ4v) is 3.44. The van der Waals surface area contributed by atoms with E-state index in [0.717, 1.165) is 15.8 Å². The second kappa shape index (κ2) is 9.70. The van der Waals surface area contributed by atoms with Gasteiger partial charge in [-0.1, -0.05) is 36.1 Å². The van der Waals surface area contributed by atoms with Crippen molar-refractivity contribution in [3.63, 3.8) is 0 Å². The minimum absolute atomic E-state index is 0.265. The summed E-state index contributed by atoms with van der Waals surface area (Å²) < 4.78 is 11.9. The van der Waals surface area contributed by atoms with E-state index in [1.165, 1.54) is 11.3 Å². The molecule has 0 spiro atoms. The predicted molar refractivity (Wildman–Crippen MR) is 117 cm³/mol. The molecule has 2 N–H and O–H groups in total. The van der Waals surface area contributed by atoms with Gasteiger partial charge in [0.25, 0.3) is 5.91 Å². The van der Waals surface area contributed by atoms with Crippen molar-refractivity contribution >= 4 is 38.8 Å². The number of carbonyl (C=O) groups is 1. The van der Waals surface area contributed by atoms with Crippen LogP contribution in [0.3, 0.4) is 0 Å². The number of hydrazone groups is 1. The van der Waals surface area contributed by atoms with Gasteiger partial charge in [-0.3, -0.25) is 4.79 Å². The summed E-state index contributed by atoms with van der Waals surface area (Å²) in [6.07, 6.45) is 3.20. The Labute approximate surface area is 173 Å². The van der Waals surface area contributed by atoms with Gasteiger partial charge < -0.3 is 14.8 Å². The number of para-hydroxylation sites is 1. The van der Waals surface area contributed by atoms with E-state index in [1.54, 1.807) is 38.5 Å². The number of hydrogen-bond donors (Lipinski definition) is 2. The summed E-state index contributed by atoms with van der Waals surface area (Å²) in [5.74, 6) is 0.925. The minimum Gasteiger partial charge on any atom is -0.493 e. The predicted octanol–water partition coefficient (Wildman–Crippen LogP) is 3.82. The van der Waals surface area contributed by atoms with Gasteiger partial charge in [-0.15, -0.1) is 0 Å². The van der Waals surface area contributed by atoms with Crippen LogP contribution >= 0.6 is 11.3 Å². The number of aromatic nitrogens is 1. The molecule has 0 bridgehead atoms. The van der Waals surface area contributed by atoms with Crippen LogP contribution in [-0.4, -0.2) is 36.9 Å². The highest BCUT2D eigenvalue weighted by atomic mass is 32.1. The van der Waals surface area contributed by atoms with Crippen molar-refractivity contribution in [1.82, 2.24) is 10.4 Å². The van der Waals surface area contributed by atoms with E-state index >= 15 is 0 Å². The molecular formula is C21H22N4O3S. The van der Waals surface area contributed by atoms with Crippen LogP contribution in [0.1, 0.15) is 12.5 Å². The van der Waals surface area contributed by atoms with Crippen LogP contribution in [0.2, 0.25) is 0 Å². The fraction of sp³-hybridized carbons (Fsp3) is 0.190. The van der Waals surface area contributed by atoms with Crippen LogP contribution in [0.15, 0.2) is 60.2 Å². The Morgan fingerprint density at radius 1 is 1.31 bits per heavy atom. The second-order valence-electron chi connectivity index (χ2n) is 6.10. The minimum atomic E-state index is -0.489. The quantitative estimate of drug-likeness (QED) is 0.318. The number of nitrogens with zero attached hydrogens (tertiary/aromatic N) is 2. The van der Waals surface area contributed by atoms with Crippen molar-refractivity contribution in [1.29, 1.82) is 0 Å². The van der Waals surface area contributed by atoms with Crippen LogP contribution in [0, 0.1) is 0 Å². The number of rotatable bonds is 9. The van der Waals surface area contributed by atoms with Crippen molar-refractivity contribution in [2.24, 2.45) is 5.10 Å². The average Bonchev–Trinajstić information content (AvgIpc) is 3.14. The number of thiazole rings is 1. The van der Waals surface area contributed by atoms with Crippen LogP contribution in [-0.2, 0) is 4.79 Å². The number of fused-ring (bicyclic) bond motifs is 1. The zero-order valence-corrected chi connectivity index (χ0v) is 17.0. The Balaban J connectivity index is 1.57. The van der Waals surface area contributed by atoms with Crippen LogP contribution < -0.4 is 20.2 Å². The zero-order chi connectivity index (χ0) is 20.6. The molecule has 0 unspecified atom stereocenters. The van der Waals surface area contributed by atoms with Gasteiger partial charge in [0.1, 0.15) is 12.6 Å². The molecule has 0 saturated carbocycles. The lowest BCUT2D eigenvalue weighted by Gasteiger charge is -2.11. The van der Waals surface area contributed by atoms with Crippen molar-refractivity contribution < 1.29 is 14.3 Å². The molecule has 1 amide bonds. The van der Waals surface area contributed by atoms with Crippen molar-refractivity contribution in [2.45, 2.75) is 13.0 Å². The van der Waals surface area contributed by atoms with Gasteiger partial charge in [-0.25, -0.2) is 10.4 Å². The van der Waals surface area contributed by atoms with Gasteiger partial charge in [0, 0.05) is 0 Å². The molecule has 29 heavy (non-hydrogen) atoms. The smallest absolute Gasteiger partial charge is 0.262 e. The first-order valence-corrected chi connectivity index (χ1v) is 9.79. The molecule has 3 aromatic rings. The molecule has 0 fully saturated rings. The van der Waals surface area contributed by atoms with Crippen LogP contribution in [0.25, 0.3) is 10.2 Å². The molecule has 0 aliphatic heterocycles. The molecule has 0 radical (unpaired) electrons. The van der Waals surface area contributed by atoms with Gasteiger partial charge in [0.05, 0.1) is 23.5 Å². The molecule has 1 atom stereocenters. The normalized spacial score (nSPS) is 11.9. The molecule has 0 saturated heterocycles. The summed E-state index contributed by atoms with van der Waals surface area (Å²) in [6, 6.07) is 12.7. The first kappa shape index (κ1) is 20.3. The summed E-state index contributed by atoms with van der Waals surface area (Å²) in [7, 11) is 1.56. The highest BCUT2D eigenvalue weighted by Crippen LogP contribution is 2.27. The Hall–Kier alpha value is -3.39. The number of carbonyl (C=O) groups excluding carboxylic acids is 1. The maximum Gasteiger partial charge on any atom is 0.262 e. The molecule has 1 heterocycles. The van der Waals surface area contributed by atoms with Crippen LogP contribution in [0.4, 0.5) is 5.13 Å². The third kappa shape index (κ3) is 5.32. The van der Waals surface area contributed by atoms with E-state index in [0.29, 0.717) is 23.2 Å². The largest absolute Gasteiger partial charge is 0.493 e.